The zero-order valence-electron chi connectivity index (χ0n) is 9.38. The predicted octanol–water partition coefficient (Wildman–Crippen LogP) is 4.08. The van der Waals surface area contributed by atoms with Crippen molar-refractivity contribution in [2.75, 3.05) is 5.73 Å². The van der Waals surface area contributed by atoms with Crippen LogP contribution in [0.25, 0.3) is 0 Å². The molecule has 0 saturated carbocycles. The van der Waals surface area contributed by atoms with Crippen LogP contribution in [-0.4, -0.2) is 5.78 Å². The molecule has 0 aliphatic rings. The van der Waals surface area contributed by atoms with Gasteiger partial charge >= 0.3 is 0 Å². The van der Waals surface area contributed by atoms with Gasteiger partial charge in [0.15, 0.2) is 17.4 Å². The minimum atomic E-state index is -1.10. The lowest BCUT2D eigenvalue weighted by molar-refractivity contribution is 0.103. The first-order chi connectivity index (χ1) is 8.90. The molecular weight excluding hydrogens is 295 g/mol. The highest BCUT2D eigenvalue weighted by atomic mass is 35.5. The fraction of sp³-hybridized carbons (Fsp3) is 0. The number of hydrogen-bond donors (Lipinski definition) is 1. The largest absolute Gasteiger partial charge is 0.397 e. The SMILES string of the molecule is Nc1cc(C(=O)c2ccc(F)c(F)c2)cc(Cl)c1Cl. The fourth-order valence-corrected chi connectivity index (χ4v) is 1.88. The molecule has 0 heterocycles. The van der Waals surface area contributed by atoms with Gasteiger partial charge < -0.3 is 5.73 Å². The van der Waals surface area contributed by atoms with Gasteiger partial charge in [-0.2, -0.15) is 0 Å². The summed E-state index contributed by atoms with van der Waals surface area (Å²) in [6.07, 6.45) is 0. The highest BCUT2D eigenvalue weighted by Gasteiger charge is 2.15. The molecule has 0 radical (unpaired) electrons. The molecule has 0 saturated heterocycles. The van der Waals surface area contributed by atoms with Crippen molar-refractivity contribution >= 4 is 34.7 Å². The van der Waals surface area contributed by atoms with E-state index < -0.39 is 17.4 Å². The first-order valence-electron chi connectivity index (χ1n) is 5.14. The van der Waals surface area contributed by atoms with E-state index in [0.29, 0.717) is 0 Å². The molecule has 0 aromatic heterocycles. The number of nitrogens with two attached hydrogens (primary N) is 1. The van der Waals surface area contributed by atoms with Gasteiger partial charge in [0.2, 0.25) is 0 Å². The third kappa shape index (κ3) is 2.69. The van der Waals surface area contributed by atoms with Gasteiger partial charge in [0.05, 0.1) is 15.7 Å². The van der Waals surface area contributed by atoms with E-state index in [1.165, 1.54) is 18.2 Å². The lowest BCUT2D eigenvalue weighted by Crippen LogP contribution is -2.04. The molecule has 2 aromatic rings. The van der Waals surface area contributed by atoms with Crippen LogP contribution < -0.4 is 5.73 Å². The van der Waals surface area contributed by atoms with Crippen LogP contribution in [0, 0.1) is 11.6 Å². The molecule has 0 fully saturated rings. The normalized spacial score (nSPS) is 10.5. The molecule has 0 spiro atoms. The Bertz CT molecular complexity index is 651. The summed E-state index contributed by atoms with van der Waals surface area (Å²) in [6.45, 7) is 0. The zero-order valence-corrected chi connectivity index (χ0v) is 10.9. The maximum atomic E-state index is 13.1. The maximum Gasteiger partial charge on any atom is 0.193 e. The van der Waals surface area contributed by atoms with E-state index >= 15 is 0 Å². The average molecular weight is 302 g/mol. The molecular formula is C13H7Cl2F2NO. The summed E-state index contributed by atoms with van der Waals surface area (Å²) in [7, 11) is 0. The number of ketones is 1. The van der Waals surface area contributed by atoms with Gasteiger partial charge in [0.25, 0.3) is 0 Å². The molecule has 0 amide bonds. The van der Waals surface area contributed by atoms with Crippen LogP contribution in [-0.2, 0) is 0 Å². The molecule has 98 valence electrons. The van der Waals surface area contributed by atoms with Crippen molar-refractivity contribution < 1.29 is 13.6 Å². The quantitative estimate of drug-likeness (QED) is 0.671. The summed E-state index contributed by atoms with van der Waals surface area (Å²) in [4.78, 5) is 12.1. The van der Waals surface area contributed by atoms with Crippen LogP contribution in [0.2, 0.25) is 10.0 Å². The first kappa shape index (κ1) is 13.8. The molecule has 2 N–H and O–H groups in total. The number of anilines is 1. The molecule has 0 atom stereocenters. The second kappa shape index (κ2) is 5.15. The van der Waals surface area contributed by atoms with Crippen molar-refractivity contribution in [2.45, 2.75) is 0 Å². The van der Waals surface area contributed by atoms with Crippen molar-refractivity contribution in [3.05, 3.63) is 63.1 Å². The Labute approximate surface area is 117 Å². The Morgan fingerprint density at radius 2 is 1.68 bits per heavy atom. The Morgan fingerprint density at radius 3 is 2.26 bits per heavy atom. The molecule has 6 heteroatoms. The monoisotopic (exact) mass is 301 g/mol. The van der Waals surface area contributed by atoms with Crippen LogP contribution >= 0.6 is 23.2 Å². The summed E-state index contributed by atoms with van der Waals surface area (Å²) in [5.74, 6) is -2.65. The predicted molar refractivity (Wildman–Crippen MR) is 70.7 cm³/mol. The number of carbonyl (C=O) groups is 1. The van der Waals surface area contributed by atoms with E-state index in [1.807, 2.05) is 0 Å². The van der Waals surface area contributed by atoms with Crippen molar-refractivity contribution in [1.29, 1.82) is 0 Å². The van der Waals surface area contributed by atoms with Crippen LogP contribution in [0.15, 0.2) is 30.3 Å². The molecule has 0 aliphatic carbocycles. The van der Waals surface area contributed by atoms with Crippen LogP contribution in [0.5, 0.6) is 0 Å². The molecule has 0 bridgehead atoms. The Hall–Kier alpha value is -1.65. The topological polar surface area (TPSA) is 43.1 Å². The highest BCUT2D eigenvalue weighted by molar-refractivity contribution is 6.44. The molecule has 19 heavy (non-hydrogen) atoms. The van der Waals surface area contributed by atoms with E-state index in [4.69, 9.17) is 28.9 Å². The molecule has 2 aromatic carbocycles. The van der Waals surface area contributed by atoms with E-state index in [-0.39, 0.29) is 26.9 Å². The lowest BCUT2D eigenvalue weighted by Gasteiger charge is -2.06. The second-order valence-electron chi connectivity index (χ2n) is 3.82. The third-order valence-corrected chi connectivity index (χ3v) is 3.32. The molecule has 0 aliphatic heterocycles. The van der Waals surface area contributed by atoms with Crippen LogP contribution in [0.4, 0.5) is 14.5 Å². The second-order valence-corrected chi connectivity index (χ2v) is 4.60. The van der Waals surface area contributed by atoms with Crippen molar-refractivity contribution in [2.24, 2.45) is 0 Å². The summed E-state index contributed by atoms with van der Waals surface area (Å²) in [5.41, 5.74) is 5.88. The fourth-order valence-electron chi connectivity index (χ4n) is 1.55. The number of halogens is 4. The van der Waals surface area contributed by atoms with Crippen molar-refractivity contribution in [3.8, 4) is 0 Å². The number of hydrogen-bond acceptors (Lipinski definition) is 2. The van der Waals surface area contributed by atoms with Gasteiger partial charge in [-0.15, -0.1) is 0 Å². The highest BCUT2D eigenvalue weighted by Crippen LogP contribution is 2.30. The molecule has 0 unspecified atom stereocenters. The minimum absolute atomic E-state index is 0.00307. The summed E-state index contributed by atoms with van der Waals surface area (Å²) in [6, 6.07) is 5.53. The lowest BCUT2D eigenvalue weighted by atomic mass is 10.0. The minimum Gasteiger partial charge on any atom is -0.397 e. The van der Waals surface area contributed by atoms with E-state index in [0.717, 1.165) is 12.1 Å². The van der Waals surface area contributed by atoms with Gasteiger partial charge in [-0.1, -0.05) is 23.2 Å². The van der Waals surface area contributed by atoms with Gasteiger partial charge in [-0.25, -0.2) is 8.78 Å². The zero-order chi connectivity index (χ0) is 14.2. The van der Waals surface area contributed by atoms with E-state index in [2.05, 4.69) is 0 Å². The van der Waals surface area contributed by atoms with Gasteiger partial charge in [0, 0.05) is 11.1 Å². The number of rotatable bonds is 2. The summed E-state index contributed by atoms with van der Waals surface area (Å²) in [5, 5.41) is 0.260. The third-order valence-electron chi connectivity index (χ3n) is 2.50. The van der Waals surface area contributed by atoms with Crippen molar-refractivity contribution in [1.82, 2.24) is 0 Å². The Balaban J connectivity index is 2.47. The number of carbonyl (C=O) groups excluding carboxylic acids is 1. The Kier molecular flexibility index (Phi) is 3.73. The molecule has 2 rings (SSSR count). The number of benzene rings is 2. The van der Waals surface area contributed by atoms with Gasteiger partial charge in [-0.05, 0) is 30.3 Å². The van der Waals surface area contributed by atoms with Crippen molar-refractivity contribution in [3.63, 3.8) is 0 Å². The van der Waals surface area contributed by atoms with Gasteiger partial charge in [-0.3, -0.25) is 4.79 Å². The maximum absolute atomic E-state index is 13.1. The van der Waals surface area contributed by atoms with E-state index in [1.54, 1.807) is 0 Å². The molecule has 2 nitrogen and oxygen atoms in total. The van der Waals surface area contributed by atoms with E-state index in [9.17, 15) is 13.6 Å². The smallest absolute Gasteiger partial charge is 0.193 e. The Morgan fingerprint density at radius 1 is 1.00 bits per heavy atom. The summed E-state index contributed by atoms with van der Waals surface area (Å²) >= 11 is 11.6. The first-order valence-corrected chi connectivity index (χ1v) is 5.90. The standard InChI is InChI=1S/C13H7Cl2F2NO/c14-8-3-7(5-11(18)12(8)15)13(19)6-1-2-9(16)10(17)4-6/h1-5H,18H2. The average Bonchev–Trinajstić information content (AvgIpc) is 2.37. The van der Waals surface area contributed by atoms with Gasteiger partial charge in [0.1, 0.15) is 0 Å². The summed E-state index contributed by atoms with van der Waals surface area (Å²) < 4.78 is 25.9. The van der Waals surface area contributed by atoms with Crippen LogP contribution in [0.3, 0.4) is 0 Å². The number of nitrogen functional groups attached to an aromatic ring is 1. The van der Waals surface area contributed by atoms with Crippen LogP contribution in [0.1, 0.15) is 15.9 Å².